The second kappa shape index (κ2) is 12.1. The van der Waals surface area contributed by atoms with Gasteiger partial charge in [-0.25, -0.2) is 0 Å². The largest absolute Gasteiger partial charge is 0.105 e. The number of hydrogen-bond donors (Lipinski definition) is 0. The summed E-state index contributed by atoms with van der Waals surface area (Å²) in [6.45, 7) is 8.43. The minimum Gasteiger partial charge on any atom is -0.105 e. The normalized spacial score (nSPS) is 12.2. The van der Waals surface area contributed by atoms with Crippen LogP contribution in [0.5, 0.6) is 0 Å². The van der Waals surface area contributed by atoms with E-state index in [0.29, 0.717) is 0 Å². The number of hydrogen-bond acceptors (Lipinski definition) is 0. The van der Waals surface area contributed by atoms with E-state index in [1.807, 2.05) is 0 Å². The van der Waals surface area contributed by atoms with Gasteiger partial charge >= 0.3 is 0 Å². The van der Waals surface area contributed by atoms with Crippen molar-refractivity contribution < 1.29 is 0 Å². The molecule has 0 saturated heterocycles. The van der Waals surface area contributed by atoms with E-state index in [9.17, 15) is 0 Å². The summed E-state index contributed by atoms with van der Waals surface area (Å²) >= 11 is 0. The molecule has 0 fully saturated rings. The molecule has 0 aromatic carbocycles. The molecule has 0 aromatic heterocycles. The molecule has 108 valence electrons. The molecule has 0 aliphatic rings. The van der Waals surface area contributed by atoms with E-state index >= 15 is 0 Å². The first-order valence-corrected chi connectivity index (χ1v) is 10.5. The molecule has 0 radical (unpaired) electrons. The van der Waals surface area contributed by atoms with Crippen LogP contribution >= 0.6 is 6.89 Å². The summed E-state index contributed by atoms with van der Waals surface area (Å²) in [6, 6.07) is 0. The molecule has 0 heterocycles. The molecule has 0 aliphatic heterocycles. The standard InChI is InChI=1S/C17H35P/c1-5-9-13-17-18(14-10-6-2,15-11-7-3)16-12-8-4/h9,13,17H,5-8,10-12,14-16H2,1-4H3. The number of rotatable bonds is 11. The maximum Gasteiger partial charge on any atom is -0.0327 e. The molecule has 0 saturated carbocycles. The Morgan fingerprint density at radius 1 is 0.722 bits per heavy atom. The Labute approximate surface area is 116 Å². The Bertz CT molecular complexity index is 222. The minimum atomic E-state index is -0.787. The third kappa shape index (κ3) is 8.20. The van der Waals surface area contributed by atoms with E-state index in [-0.39, 0.29) is 0 Å². The van der Waals surface area contributed by atoms with Crippen LogP contribution in [-0.2, 0) is 0 Å². The highest BCUT2D eigenvalue weighted by Crippen LogP contribution is 2.49. The summed E-state index contributed by atoms with van der Waals surface area (Å²) in [4.78, 5) is 0. The van der Waals surface area contributed by atoms with Gasteiger partial charge in [0.1, 0.15) is 0 Å². The lowest BCUT2D eigenvalue weighted by Crippen LogP contribution is -2.03. The van der Waals surface area contributed by atoms with Crippen LogP contribution in [0.3, 0.4) is 0 Å². The molecule has 0 atom stereocenters. The SMILES string of the molecule is CCC=CC=P(CCCC)(CCCC)CCCC. The summed E-state index contributed by atoms with van der Waals surface area (Å²) in [5.74, 6) is 2.65. The van der Waals surface area contributed by atoms with Crippen molar-refractivity contribution in [2.24, 2.45) is 0 Å². The van der Waals surface area contributed by atoms with E-state index in [4.69, 9.17) is 0 Å². The van der Waals surface area contributed by atoms with Crippen molar-refractivity contribution >= 4 is 12.7 Å². The molecule has 0 nitrogen and oxygen atoms in total. The molecule has 0 spiro atoms. The first kappa shape index (κ1) is 18.0. The molecule has 0 aliphatic carbocycles. The molecule has 0 bridgehead atoms. The lowest BCUT2D eigenvalue weighted by atomic mass is 10.4. The molecule has 1 heteroatoms. The Balaban J connectivity index is 4.84. The smallest absolute Gasteiger partial charge is 0.0327 e. The van der Waals surface area contributed by atoms with Crippen molar-refractivity contribution in [1.82, 2.24) is 0 Å². The summed E-state index contributed by atoms with van der Waals surface area (Å²) < 4.78 is 0. The van der Waals surface area contributed by atoms with Gasteiger partial charge in [-0.2, -0.15) is 0 Å². The fourth-order valence-electron chi connectivity index (χ4n) is 2.36. The van der Waals surface area contributed by atoms with Crippen molar-refractivity contribution in [3.63, 3.8) is 0 Å². The van der Waals surface area contributed by atoms with Crippen LogP contribution in [0.2, 0.25) is 0 Å². The lowest BCUT2D eigenvalue weighted by molar-refractivity contribution is 0.845. The Morgan fingerprint density at radius 2 is 1.17 bits per heavy atom. The van der Waals surface area contributed by atoms with Crippen LogP contribution in [0, 0.1) is 0 Å². The van der Waals surface area contributed by atoms with Crippen LogP contribution in [0.25, 0.3) is 0 Å². The zero-order valence-electron chi connectivity index (χ0n) is 13.3. The van der Waals surface area contributed by atoms with E-state index in [1.165, 1.54) is 63.4 Å². The summed E-state index contributed by atoms with van der Waals surface area (Å²) in [7, 11) is 0. The fraction of sp³-hybridized carbons (Fsp3) is 0.824. The molecule has 0 aromatic rings. The highest BCUT2D eigenvalue weighted by Gasteiger charge is 2.14. The summed E-state index contributed by atoms with van der Waals surface area (Å²) in [5, 5.41) is 0. The van der Waals surface area contributed by atoms with Crippen molar-refractivity contribution in [3.8, 4) is 0 Å². The van der Waals surface area contributed by atoms with Crippen molar-refractivity contribution in [3.05, 3.63) is 12.2 Å². The first-order valence-electron chi connectivity index (χ1n) is 8.11. The van der Waals surface area contributed by atoms with E-state index in [1.54, 1.807) is 0 Å². The van der Waals surface area contributed by atoms with Gasteiger partial charge in [-0.15, -0.1) is 6.89 Å². The third-order valence-corrected chi connectivity index (χ3v) is 8.07. The second-order valence-corrected chi connectivity index (χ2v) is 9.51. The van der Waals surface area contributed by atoms with Crippen LogP contribution < -0.4 is 0 Å². The molecule has 0 rings (SSSR count). The molecule has 0 unspecified atom stereocenters. The Kier molecular flexibility index (Phi) is 12.1. The Hall–Kier alpha value is 0.0400. The highest BCUT2D eigenvalue weighted by molar-refractivity contribution is 7.75. The third-order valence-electron chi connectivity index (χ3n) is 3.65. The lowest BCUT2D eigenvalue weighted by Gasteiger charge is -2.26. The van der Waals surface area contributed by atoms with Gasteiger partial charge in [-0.3, -0.25) is 0 Å². The van der Waals surface area contributed by atoms with E-state index in [2.05, 4.69) is 45.6 Å². The maximum atomic E-state index is 2.65. The zero-order chi connectivity index (χ0) is 13.7. The fourth-order valence-corrected chi connectivity index (χ4v) is 6.80. The topological polar surface area (TPSA) is 0 Å². The summed E-state index contributed by atoms with van der Waals surface area (Å²) in [5.41, 5.74) is 0. The molecule has 18 heavy (non-hydrogen) atoms. The van der Waals surface area contributed by atoms with Crippen LogP contribution in [0.15, 0.2) is 12.2 Å². The predicted molar refractivity (Wildman–Crippen MR) is 91.7 cm³/mol. The van der Waals surface area contributed by atoms with Gasteiger partial charge in [0.25, 0.3) is 0 Å². The van der Waals surface area contributed by atoms with Gasteiger partial charge < -0.3 is 0 Å². The zero-order valence-corrected chi connectivity index (χ0v) is 14.1. The van der Waals surface area contributed by atoms with Crippen molar-refractivity contribution in [2.75, 3.05) is 18.5 Å². The van der Waals surface area contributed by atoms with Crippen LogP contribution in [0.1, 0.15) is 72.6 Å². The van der Waals surface area contributed by atoms with E-state index < -0.39 is 6.89 Å². The van der Waals surface area contributed by atoms with Gasteiger partial charge in [0.15, 0.2) is 0 Å². The van der Waals surface area contributed by atoms with Crippen LogP contribution in [0.4, 0.5) is 0 Å². The van der Waals surface area contributed by atoms with Gasteiger partial charge in [-0.05, 0) is 44.2 Å². The predicted octanol–water partition coefficient (Wildman–Crippen LogP) is 6.17. The molecule has 0 amide bonds. The van der Waals surface area contributed by atoms with Gasteiger partial charge in [0.2, 0.25) is 0 Å². The second-order valence-electron chi connectivity index (χ2n) is 5.44. The highest BCUT2D eigenvalue weighted by atomic mass is 31.2. The van der Waals surface area contributed by atoms with Gasteiger partial charge in [0.05, 0.1) is 0 Å². The maximum absolute atomic E-state index is 2.65. The van der Waals surface area contributed by atoms with Crippen molar-refractivity contribution in [2.45, 2.75) is 72.6 Å². The summed E-state index contributed by atoms with van der Waals surface area (Å²) in [6.07, 6.45) is 18.7. The van der Waals surface area contributed by atoms with Crippen molar-refractivity contribution in [1.29, 1.82) is 0 Å². The average molecular weight is 270 g/mol. The number of unbranched alkanes of at least 4 members (excludes halogenated alkanes) is 3. The van der Waals surface area contributed by atoms with E-state index in [0.717, 1.165) is 0 Å². The monoisotopic (exact) mass is 270 g/mol. The van der Waals surface area contributed by atoms with Crippen LogP contribution in [-0.4, -0.2) is 24.3 Å². The molecule has 0 N–H and O–H groups in total. The van der Waals surface area contributed by atoms with Gasteiger partial charge in [-0.1, -0.05) is 64.9 Å². The first-order chi connectivity index (χ1) is 8.74. The minimum absolute atomic E-state index is 0.787. The molecular weight excluding hydrogens is 235 g/mol. The quantitative estimate of drug-likeness (QED) is 0.394. The molecular formula is C17H35P. The average Bonchev–Trinajstić information content (AvgIpc) is 2.40. The van der Waals surface area contributed by atoms with Gasteiger partial charge in [0, 0.05) is 0 Å². The Morgan fingerprint density at radius 3 is 1.50 bits per heavy atom. The number of allylic oxidation sites excluding steroid dienone is 2.